The molecule has 1 aliphatic rings. The van der Waals surface area contributed by atoms with Crippen molar-refractivity contribution < 1.29 is 18.3 Å². The van der Waals surface area contributed by atoms with Crippen LogP contribution in [-0.4, -0.2) is 29.1 Å². The van der Waals surface area contributed by atoms with Crippen molar-refractivity contribution in [2.75, 3.05) is 6.54 Å². The molecule has 0 atom stereocenters. The fourth-order valence-electron chi connectivity index (χ4n) is 1.77. The van der Waals surface area contributed by atoms with Gasteiger partial charge in [0.25, 0.3) is 5.91 Å². The third-order valence-electron chi connectivity index (χ3n) is 2.69. The number of rotatable bonds is 4. The Balaban J connectivity index is 2.15. The van der Waals surface area contributed by atoms with E-state index >= 15 is 0 Å². The molecule has 0 bridgehead atoms. The van der Waals surface area contributed by atoms with Crippen LogP contribution in [0.15, 0.2) is 30.0 Å². The van der Waals surface area contributed by atoms with Crippen molar-refractivity contribution in [3.05, 3.63) is 35.5 Å². The molecule has 7 heteroatoms. The highest BCUT2D eigenvalue weighted by Crippen LogP contribution is 2.18. The summed E-state index contributed by atoms with van der Waals surface area (Å²) in [6.45, 7) is -0.540. The van der Waals surface area contributed by atoms with Crippen LogP contribution in [0.4, 0.5) is 8.78 Å². The molecule has 1 heterocycles. The van der Waals surface area contributed by atoms with E-state index in [1.807, 2.05) is 6.92 Å². The van der Waals surface area contributed by atoms with Gasteiger partial charge in [-0.1, -0.05) is 12.1 Å². The van der Waals surface area contributed by atoms with E-state index in [0.29, 0.717) is 22.9 Å². The third kappa shape index (κ3) is 3.11. The number of thiocarbonyl (C=S) groups is 1. The quantitative estimate of drug-likeness (QED) is 0.684. The average Bonchev–Trinajstić information content (AvgIpc) is 2.66. The van der Waals surface area contributed by atoms with Gasteiger partial charge in [0.15, 0.2) is 5.11 Å². The molecule has 0 aliphatic carbocycles. The number of nitrogens with one attached hydrogen (secondary N) is 1. The molecule has 1 aliphatic heterocycles. The summed E-state index contributed by atoms with van der Waals surface area (Å²) in [5, 5.41) is 3.18. The van der Waals surface area contributed by atoms with Crippen molar-refractivity contribution in [3.8, 4) is 5.75 Å². The second-order valence-electron chi connectivity index (χ2n) is 3.99. The zero-order chi connectivity index (χ0) is 14.7. The van der Waals surface area contributed by atoms with Crippen LogP contribution in [0.2, 0.25) is 0 Å². The van der Waals surface area contributed by atoms with Gasteiger partial charge in [0, 0.05) is 6.54 Å². The second-order valence-corrected chi connectivity index (χ2v) is 4.37. The summed E-state index contributed by atoms with van der Waals surface area (Å²) in [5.74, 6) is -0.135. The maximum atomic E-state index is 12.0. The van der Waals surface area contributed by atoms with E-state index in [1.54, 1.807) is 18.2 Å². The Hall–Kier alpha value is -2.02. The molecule has 106 valence electrons. The van der Waals surface area contributed by atoms with Gasteiger partial charge in [-0.3, -0.25) is 9.69 Å². The van der Waals surface area contributed by atoms with Crippen LogP contribution in [0.25, 0.3) is 6.08 Å². The number of ether oxygens (including phenoxy) is 1. The standard InChI is InChI=1S/C13H12F2N2O2S/c1-2-17-11(18)10(16-13(17)20)7-8-3-5-9(6-4-8)19-12(14)15/h3-7,12H,2H2,1H3,(H,16,20)/b10-7+. The van der Waals surface area contributed by atoms with Gasteiger partial charge in [-0.05, 0) is 42.9 Å². The highest BCUT2D eigenvalue weighted by molar-refractivity contribution is 7.80. The van der Waals surface area contributed by atoms with E-state index in [9.17, 15) is 13.6 Å². The number of hydrogen-bond acceptors (Lipinski definition) is 3. The number of alkyl halides is 2. The predicted octanol–water partition coefficient (Wildman–Crippen LogP) is 2.37. The lowest BCUT2D eigenvalue weighted by molar-refractivity contribution is -0.122. The first kappa shape index (κ1) is 14.4. The van der Waals surface area contributed by atoms with Crippen LogP contribution in [0.1, 0.15) is 12.5 Å². The van der Waals surface area contributed by atoms with E-state index in [1.165, 1.54) is 17.0 Å². The van der Waals surface area contributed by atoms with Crippen LogP contribution < -0.4 is 10.1 Å². The van der Waals surface area contributed by atoms with Crippen molar-refractivity contribution in [1.29, 1.82) is 0 Å². The first-order chi connectivity index (χ1) is 9.51. The Bertz CT molecular complexity index is 558. The predicted molar refractivity (Wildman–Crippen MR) is 74.2 cm³/mol. The summed E-state index contributed by atoms with van der Waals surface area (Å²) in [6.07, 6.45) is 1.61. The summed E-state index contributed by atoms with van der Waals surface area (Å²) >= 11 is 5.03. The van der Waals surface area contributed by atoms with E-state index in [0.717, 1.165) is 0 Å². The topological polar surface area (TPSA) is 41.6 Å². The number of nitrogens with zero attached hydrogens (tertiary/aromatic N) is 1. The maximum absolute atomic E-state index is 12.0. The van der Waals surface area contributed by atoms with Crippen molar-refractivity contribution in [1.82, 2.24) is 10.2 Å². The number of hydrogen-bond donors (Lipinski definition) is 1. The van der Waals surface area contributed by atoms with Crippen LogP contribution in [-0.2, 0) is 4.79 Å². The van der Waals surface area contributed by atoms with Crippen molar-refractivity contribution in [2.24, 2.45) is 0 Å². The van der Waals surface area contributed by atoms with E-state index in [-0.39, 0.29) is 11.7 Å². The second kappa shape index (κ2) is 5.96. The zero-order valence-corrected chi connectivity index (χ0v) is 11.4. The summed E-state index contributed by atoms with van der Waals surface area (Å²) in [4.78, 5) is 13.4. The number of carbonyl (C=O) groups is 1. The highest BCUT2D eigenvalue weighted by Gasteiger charge is 2.28. The summed E-state index contributed by atoms with van der Waals surface area (Å²) in [7, 11) is 0. The van der Waals surface area contributed by atoms with E-state index in [4.69, 9.17) is 12.2 Å². The lowest BCUT2D eigenvalue weighted by Crippen LogP contribution is -2.30. The molecule has 0 radical (unpaired) electrons. The maximum Gasteiger partial charge on any atom is 0.387 e. The molecule has 1 aromatic carbocycles. The SMILES string of the molecule is CCN1C(=O)/C(=C\c2ccc(OC(F)F)cc2)NC1=S. The minimum Gasteiger partial charge on any atom is -0.435 e. The molecule has 0 aromatic heterocycles. The van der Waals surface area contributed by atoms with Gasteiger partial charge >= 0.3 is 6.61 Å². The molecular weight excluding hydrogens is 286 g/mol. The number of carbonyl (C=O) groups excluding carboxylic acids is 1. The minimum absolute atomic E-state index is 0.0681. The number of halogens is 2. The van der Waals surface area contributed by atoms with Gasteiger partial charge < -0.3 is 10.1 Å². The lowest BCUT2D eigenvalue weighted by Gasteiger charge is -2.08. The molecule has 1 fully saturated rings. The first-order valence-corrected chi connectivity index (χ1v) is 6.31. The molecule has 20 heavy (non-hydrogen) atoms. The third-order valence-corrected chi connectivity index (χ3v) is 3.02. The Morgan fingerprint density at radius 1 is 1.40 bits per heavy atom. The van der Waals surface area contributed by atoms with Crippen LogP contribution >= 0.6 is 12.2 Å². The minimum atomic E-state index is -2.85. The number of amides is 1. The normalized spacial score (nSPS) is 17.0. The monoisotopic (exact) mass is 298 g/mol. The fourth-order valence-corrected chi connectivity index (χ4v) is 2.09. The van der Waals surface area contributed by atoms with Crippen molar-refractivity contribution >= 4 is 29.3 Å². The van der Waals surface area contributed by atoms with Crippen LogP contribution in [0, 0.1) is 0 Å². The summed E-state index contributed by atoms with van der Waals surface area (Å²) in [5.41, 5.74) is 1.04. The Morgan fingerprint density at radius 3 is 2.55 bits per heavy atom. The lowest BCUT2D eigenvalue weighted by atomic mass is 10.2. The number of likely N-dealkylation sites (N-methyl/N-ethyl adjacent to an activating group) is 1. The molecule has 0 unspecified atom stereocenters. The molecule has 2 rings (SSSR count). The smallest absolute Gasteiger partial charge is 0.387 e. The molecule has 1 aromatic rings. The fraction of sp³-hybridized carbons (Fsp3) is 0.231. The molecule has 1 amide bonds. The van der Waals surface area contributed by atoms with Crippen molar-refractivity contribution in [3.63, 3.8) is 0 Å². The molecule has 1 saturated heterocycles. The summed E-state index contributed by atoms with van der Waals surface area (Å²) in [6, 6.07) is 5.98. The zero-order valence-electron chi connectivity index (χ0n) is 10.6. The molecule has 0 spiro atoms. The Labute approximate surface area is 120 Å². The largest absolute Gasteiger partial charge is 0.435 e. The average molecular weight is 298 g/mol. The molecule has 4 nitrogen and oxygen atoms in total. The number of benzene rings is 1. The van der Waals surface area contributed by atoms with Gasteiger partial charge in [-0.15, -0.1) is 0 Å². The Morgan fingerprint density at radius 2 is 2.05 bits per heavy atom. The molecular formula is C13H12F2N2O2S. The van der Waals surface area contributed by atoms with Gasteiger partial charge in [0.05, 0.1) is 0 Å². The van der Waals surface area contributed by atoms with Gasteiger partial charge in [0.1, 0.15) is 11.4 Å². The van der Waals surface area contributed by atoms with Crippen molar-refractivity contribution in [2.45, 2.75) is 13.5 Å². The van der Waals surface area contributed by atoms with Gasteiger partial charge in [-0.2, -0.15) is 8.78 Å². The van der Waals surface area contributed by atoms with E-state index in [2.05, 4.69) is 10.1 Å². The van der Waals surface area contributed by atoms with Crippen LogP contribution in [0.5, 0.6) is 5.75 Å². The van der Waals surface area contributed by atoms with Gasteiger partial charge in [0.2, 0.25) is 0 Å². The molecule has 1 N–H and O–H groups in total. The van der Waals surface area contributed by atoms with E-state index < -0.39 is 6.61 Å². The summed E-state index contributed by atoms with van der Waals surface area (Å²) < 4.78 is 28.3. The first-order valence-electron chi connectivity index (χ1n) is 5.90. The molecule has 0 saturated carbocycles. The van der Waals surface area contributed by atoms with Crippen LogP contribution in [0.3, 0.4) is 0 Å². The van der Waals surface area contributed by atoms with Gasteiger partial charge in [-0.25, -0.2) is 0 Å². The highest BCUT2D eigenvalue weighted by atomic mass is 32.1. The Kier molecular flexibility index (Phi) is 4.29.